The molecule has 0 saturated carbocycles. The second kappa shape index (κ2) is 8.84. The number of carbonyl (C=O) groups excluding carboxylic acids is 2. The first kappa shape index (κ1) is 21.4. The van der Waals surface area contributed by atoms with Crippen molar-refractivity contribution in [3.8, 4) is 0 Å². The minimum Gasteiger partial charge on any atom is -0.338 e. The highest BCUT2D eigenvalue weighted by molar-refractivity contribution is 7.91. The van der Waals surface area contributed by atoms with Crippen molar-refractivity contribution in [3.05, 3.63) is 29.3 Å². The first-order chi connectivity index (χ1) is 12.6. The maximum atomic E-state index is 12.6. The molecule has 1 N–H and O–H groups in total. The molecular weight excluding hydrogens is 366 g/mol. The summed E-state index contributed by atoms with van der Waals surface area (Å²) in [5.74, 6) is -0.171. The Morgan fingerprint density at radius 3 is 2.33 bits per heavy atom. The van der Waals surface area contributed by atoms with Gasteiger partial charge in [0.15, 0.2) is 9.84 Å². The van der Waals surface area contributed by atoms with Gasteiger partial charge in [0.2, 0.25) is 11.8 Å². The third-order valence-electron chi connectivity index (χ3n) is 4.87. The molecule has 1 atom stereocenters. The number of benzene rings is 1. The Labute approximate surface area is 161 Å². The summed E-state index contributed by atoms with van der Waals surface area (Å²) in [4.78, 5) is 28.2. The molecule has 0 aliphatic carbocycles. The fourth-order valence-electron chi connectivity index (χ4n) is 3.47. The molecule has 2 amide bonds. The lowest BCUT2D eigenvalue weighted by Crippen LogP contribution is -2.46. The van der Waals surface area contributed by atoms with Crippen LogP contribution < -0.4 is 5.32 Å². The highest BCUT2D eigenvalue weighted by Gasteiger charge is 2.34. The molecule has 0 spiro atoms. The van der Waals surface area contributed by atoms with Gasteiger partial charge in [0.1, 0.15) is 0 Å². The summed E-state index contributed by atoms with van der Waals surface area (Å²) >= 11 is 0. The topological polar surface area (TPSA) is 86.8 Å². The Kier molecular flexibility index (Phi) is 7.00. The molecule has 2 rings (SSSR count). The van der Waals surface area contributed by atoms with Crippen molar-refractivity contribution >= 4 is 27.3 Å². The van der Waals surface area contributed by atoms with Crippen molar-refractivity contribution < 1.29 is 18.0 Å². The van der Waals surface area contributed by atoms with E-state index in [2.05, 4.69) is 5.32 Å². The van der Waals surface area contributed by atoms with E-state index in [-0.39, 0.29) is 42.5 Å². The third kappa shape index (κ3) is 5.77. The van der Waals surface area contributed by atoms with Crippen molar-refractivity contribution in [2.24, 2.45) is 0 Å². The van der Waals surface area contributed by atoms with Crippen LogP contribution in [-0.2, 0) is 19.4 Å². The number of amides is 2. The van der Waals surface area contributed by atoms with Gasteiger partial charge in [0.25, 0.3) is 0 Å². The SMILES string of the molecule is CCN(C(=O)CN(C)CC(=O)Nc1c(C)cccc1C)[C@H]1CCS(=O)(=O)C1. The lowest BCUT2D eigenvalue weighted by atomic mass is 10.1. The van der Waals surface area contributed by atoms with Gasteiger partial charge < -0.3 is 10.2 Å². The van der Waals surface area contributed by atoms with Gasteiger partial charge in [-0.05, 0) is 45.4 Å². The lowest BCUT2D eigenvalue weighted by Gasteiger charge is -2.28. The van der Waals surface area contributed by atoms with Crippen molar-refractivity contribution in [2.75, 3.05) is 43.5 Å². The fourth-order valence-corrected chi connectivity index (χ4v) is 5.20. The molecule has 0 aromatic heterocycles. The van der Waals surface area contributed by atoms with Crippen LogP contribution in [0.2, 0.25) is 0 Å². The van der Waals surface area contributed by atoms with E-state index in [1.807, 2.05) is 39.0 Å². The monoisotopic (exact) mass is 395 g/mol. The fraction of sp³-hybridized carbons (Fsp3) is 0.579. The Balaban J connectivity index is 1.91. The summed E-state index contributed by atoms with van der Waals surface area (Å²) in [5, 5.41) is 2.91. The van der Waals surface area contributed by atoms with Gasteiger partial charge in [-0.15, -0.1) is 0 Å². The van der Waals surface area contributed by atoms with Crippen LogP contribution in [0.15, 0.2) is 18.2 Å². The molecule has 1 fully saturated rings. The molecule has 0 unspecified atom stereocenters. The Hall–Kier alpha value is -1.93. The number of nitrogens with one attached hydrogen (secondary N) is 1. The molecule has 1 heterocycles. The van der Waals surface area contributed by atoms with Gasteiger partial charge in [-0.2, -0.15) is 0 Å². The second-order valence-electron chi connectivity index (χ2n) is 7.22. The first-order valence-electron chi connectivity index (χ1n) is 9.17. The van der Waals surface area contributed by atoms with Crippen molar-refractivity contribution in [3.63, 3.8) is 0 Å². The number of para-hydroxylation sites is 1. The van der Waals surface area contributed by atoms with E-state index in [4.69, 9.17) is 0 Å². The van der Waals surface area contributed by atoms with Crippen LogP contribution in [0.3, 0.4) is 0 Å². The van der Waals surface area contributed by atoms with Gasteiger partial charge >= 0.3 is 0 Å². The first-order valence-corrected chi connectivity index (χ1v) is 11.0. The van der Waals surface area contributed by atoms with E-state index in [0.29, 0.717) is 13.0 Å². The lowest BCUT2D eigenvalue weighted by molar-refractivity contribution is -0.134. The number of nitrogens with zero attached hydrogens (tertiary/aromatic N) is 2. The molecule has 0 radical (unpaired) electrons. The van der Waals surface area contributed by atoms with E-state index < -0.39 is 9.84 Å². The largest absolute Gasteiger partial charge is 0.338 e. The molecule has 1 aliphatic rings. The number of hydrogen-bond acceptors (Lipinski definition) is 5. The predicted octanol–water partition coefficient (Wildman–Crippen LogP) is 1.21. The minimum atomic E-state index is -3.05. The molecule has 1 saturated heterocycles. The second-order valence-corrected chi connectivity index (χ2v) is 9.45. The van der Waals surface area contributed by atoms with Crippen LogP contribution in [0.4, 0.5) is 5.69 Å². The van der Waals surface area contributed by atoms with E-state index in [0.717, 1.165) is 16.8 Å². The molecule has 150 valence electrons. The van der Waals surface area contributed by atoms with Crippen LogP contribution in [-0.4, -0.2) is 74.3 Å². The Morgan fingerprint density at radius 2 is 1.81 bits per heavy atom. The highest BCUT2D eigenvalue weighted by Crippen LogP contribution is 2.20. The van der Waals surface area contributed by atoms with Crippen molar-refractivity contribution in [1.29, 1.82) is 0 Å². The summed E-state index contributed by atoms with van der Waals surface area (Å²) in [6, 6.07) is 5.55. The van der Waals surface area contributed by atoms with Crippen LogP contribution in [0.25, 0.3) is 0 Å². The molecule has 7 nitrogen and oxygen atoms in total. The smallest absolute Gasteiger partial charge is 0.238 e. The van der Waals surface area contributed by atoms with E-state index >= 15 is 0 Å². The molecule has 1 aliphatic heterocycles. The summed E-state index contributed by atoms with van der Waals surface area (Å²) in [6.07, 6.45) is 0.485. The summed E-state index contributed by atoms with van der Waals surface area (Å²) < 4.78 is 23.4. The van der Waals surface area contributed by atoms with Crippen LogP contribution >= 0.6 is 0 Å². The molecule has 1 aromatic rings. The molecular formula is C19H29N3O4S. The van der Waals surface area contributed by atoms with Crippen LogP contribution in [0.1, 0.15) is 24.5 Å². The van der Waals surface area contributed by atoms with Gasteiger partial charge in [-0.3, -0.25) is 14.5 Å². The van der Waals surface area contributed by atoms with Gasteiger partial charge in [0, 0.05) is 18.3 Å². The number of hydrogen-bond donors (Lipinski definition) is 1. The van der Waals surface area contributed by atoms with Gasteiger partial charge in [-0.1, -0.05) is 18.2 Å². The molecule has 8 heteroatoms. The highest BCUT2D eigenvalue weighted by atomic mass is 32.2. The Bertz CT molecular complexity index is 787. The van der Waals surface area contributed by atoms with Gasteiger partial charge in [0.05, 0.1) is 24.6 Å². The van der Waals surface area contributed by atoms with Crippen molar-refractivity contribution in [2.45, 2.75) is 33.2 Å². The average molecular weight is 396 g/mol. The molecule has 27 heavy (non-hydrogen) atoms. The number of likely N-dealkylation sites (N-methyl/N-ethyl adjacent to an activating group) is 2. The molecule has 1 aromatic carbocycles. The normalized spacial score (nSPS) is 18.5. The van der Waals surface area contributed by atoms with Gasteiger partial charge in [-0.25, -0.2) is 8.42 Å². The zero-order chi connectivity index (χ0) is 20.2. The number of aryl methyl sites for hydroxylation is 2. The number of carbonyl (C=O) groups is 2. The summed E-state index contributed by atoms with van der Waals surface area (Å²) in [7, 11) is -1.34. The Morgan fingerprint density at radius 1 is 1.19 bits per heavy atom. The maximum Gasteiger partial charge on any atom is 0.238 e. The maximum absolute atomic E-state index is 12.6. The minimum absolute atomic E-state index is 0.0311. The van der Waals surface area contributed by atoms with E-state index in [1.54, 1.807) is 16.8 Å². The predicted molar refractivity (Wildman–Crippen MR) is 106 cm³/mol. The van der Waals surface area contributed by atoms with E-state index in [9.17, 15) is 18.0 Å². The number of rotatable bonds is 7. The standard InChI is InChI=1S/C19H29N3O4S/c1-5-22(16-9-10-27(25,26)13-16)18(24)12-21(4)11-17(23)20-19-14(2)7-6-8-15(19)3/h6-8,16H,5,9-13H2,1-4H3,(H,20,23)/t16-/m0/s1. The quantitative estimate of drug-likeness (QED) is 0.750. The third-order valence-corrected chi connectivity index (χ3v) is 6.62. The van der Waals surface area contributed by atoms with E-state index in [1.165, 1.54) is 0 Å². The van der Waals surface area contributed by atoms with Crippen molar-refractivity contribution in [1.82, 2.24) is 9.80 Å². The number of sulfone groups is 1. The average Bonchev–Trinajstić information content (AvgIpc) is 2.91. The van der Waals surface area contributed by atoms with Crippen LogP contribution in [0, 0.1) is 13.8 Å². The number of anilines is 1. The van der Waals surface area contributed by atoms with Crippen LogP contribution in [0.5, 0.6) is 0 Å². The zero-order valence-corrected chi connectivity index (χ0v) is 17.3. The zero-order valence-electron chi connectivity index (χ0n) is 16.5. The summed E-state index contributed by atoms with van der Waals surface area (Å²) in [6.45, 7) is 6.33. The summed E-state index contributed by atoms with van der Waals surface area (Å²) in [5.41, 5.74) is 2.77. The molecule has 0 bridgehead atoms.